The second-order valence-corrected chi connectivity index (χ2v) is 8.65. The van der Waals surface area contributed by atoms with Gasteiger partial charge in [0.15, 0.2) is 0 Å². The van der Waals surface area contributed by atoms with Gasteiger partial charge in [0.05, 0.1) is 11.4 Å². The van der Waals surface area contributed by atoms with Gasteiger partial charge in [-0.3, -0.25) is 9.10 Å². The van der Waals surface area contributed by atoms with E-state index in [9.17, 15) is 13.2 Å². The number of nitrogens with one attached hydrogen (secondary N) is 1. The number of sulfonamides is 1. The summed E-state index contributed by atoms with van der Waals surface area (Å²) in [5.74, 6) is 0.201. The number of rotatable bonds is 3. The quantitative estimate of drug-likeness (QED) is 0.893. The van der Waals surface area contributed by atoms with Crippen LogP contribution in [0.4, 0.5) is 5.69 Å². The normalized spacial score (nSPS) is 21.0. The monoisotopic (exact) mass is 351 g/mol. The van der Waals surface area contributed by atoms with Gasteiger partial charge < -0.3 is 10.2 Å². The molecule has 0 saturated carbocycles. The molecule has 2 fully saturated rings. The molecule has 132 valence electrons. The van der Waals surface area contributed by atoms with Gasteiger partial charge in [-0.1, -0.05) is 0 Å². The van der Waals surface area contributed by atoms with Crippen LogP contribution in [0.1, 0.15) is 35.2 Å². The predicted molar refractivity (Wildman–Crippen MR) is 94.9 cm³/mol. The first-order valence-corrected chi connectivity index (χ1v) is 10.1. The minimum atomic E-state index is -3.20. The molecule has 7 heteroatoms. The number of carbonyl (C=O) groups is 1. The maximum absolute atomic E-state index is 12.7. The van der Waals surface area contributed by atoms with E-state index in [0.29, 0.717) is 24.2 Å². The number of aryl methyl sites for hydroxylation is 1. The van der Waals surface area contributed by atoms with Gasteiger partial charge in [0.25, 0.3) is 5.91 Å². The zero-order chi connectivity index (χ0) is 17.3. The van der Waals surface area contributed by atoms with Crippen molar-refractivity contribution in [3.63, 3.8) is 0 Å². The van der Waals surface area contributed by atoms with Crippen molar-refractivity contribution in [2.24, 2.45) is 0 Å². The lowest BCUT2D eigenvalue weighted by Crippen LogP contribution is -2.44. The van der Waals surface area contributed by atoms with Crippen molar-refractivity contribution < 1.29 is 13.2 Å². The largest absolute Gasteiger partial charge is 0.339 e. The molecule has 2 aliphatic heterocycles. The van der Waals surface area contributed by atoms with Gasteiger partial charge in [0.1, 0.15) is 0 Å². The van der Waals surface area contributed by atoms with Crippen molar-refractivity contribution in [2.45, 2.75) is 32.2 Å². The Balaban J connectivity index is 1.80. The molecular weight excluding hydrogens is 326 g/mol. The number of hydrogen-bond acceptors (Lipinski definition) is 4. The molecule has 24 heavy (non-hydrogen) atoms. The molecule has 0 aromatic heterocycles. The molecule has 1 aromatic carbocycles. The Morgan fingerprint density at radius 2 is 2.00 bits per heavy atom. The van der Waals surface area contributed by atoms with Crippen LogP contribution >= 0.6 is 0 Å². The number of amides is 1. The number of anilines is 1. The highest BCUT2D eigenvalue weighted by Gasteiger charge is 2.30. The van der Waals surface area contributed by atoms with Gasteiger partial charge >= 0.3 is 0 Å². The van der Waals surface area contributed by atoms with Crippen LogP contribution in [0.3, 0.4) is 0 Å². The van der Waals surface area contributed by atoms with Gasteiger partial charge in [0.2, 0.25) is 10.0 Å². The highest BCUT2D eigenvalue weighted by Crippen LogP contribution is 2.28. The highest BCUT2D eigenvalue weighted by molar-refractivity contribution is 7.93. The zero-order valence-corrected chi connectivity index (χ0v) is 15.1. The van der Waals surface area contributed by atoms with Crippen molar-refractivity contribution in [2.75, 3.05) is 36.7 Å². The van der Waals surface area contributed by atoms with E-state index < -0.39 is 10.0 Å². The summed E-state index contributed by atoms with van der Waals surface area (Å²) < 4.78 is 25.7. The summed E-state index contributed by atoms with van der Waals surface area (Å²) in [4.78, 5) is 14.6. The molecule has 2 heterocycles. The van der Waals surface area contributed by atoms with Crippen molar-refractivity contribution in [3.05, 3.63) is 29.3 Å². The van der Waals surface area contributed by atoms with Crippen LogP contribution in [0, 0.1) is 6.92 Å². The average molecular weight is 351 g/mol. The summed E-state index contributed by atoms with van der Waals surface area (Å²) in [6, 6.07) is 5.58. The lowest BCUT2D eigenvalue weighted by atomic mass is 10.0. The van der Waals surface area contributed by atoms with E-state index in [1.807, 2.05) is 24.9 Å². The Morgan fingerprint density at radius 3 is 2.58 bits per heavy atom. The fraction of sp³-hybridized carbons (Fsp3) is 0.588. The van der Waals surface area contributed by atoms with Gasteiger partial charge in [-0.25, -0.2) is 8.42 Å². The Hall–Kier alpha value is -1.60. The van der Waals surface area contributed by atoms with Crippen molar-refractivity contribution in [1.29, 1.82) is 0 Å². The Bertz CT molecular complexity index is 727. The van der Waals surface area contributed by atoms with Gasteiger partial charge in [-0.2, -0.15) is 0 Å². The Labute approximate surface area is 143 Å². The molecule has 0 spiro atoms. The molecular formula is C17H25N3O3S. The first-order valence-electron chi connectivity index (χ1n) is 8.49. The van der Waals surface area contributed by atoms with E-state index in [-0.39, 0.29) is 17.7 Å². The maximum Gasteiger partial charge on any atom is 0.253 e. The van der Waals surface area contributed by atoms with Crippen molar-refractivity contribution in [3.8, 4) is 0 Å². The first kappa shape index (κ1) is 17.2. The second-order valence-electron chi connectivity index (χ2n) is 6.64. The van der Waals surface area contributed by atoms with Gasteiger partial charge in [0, 0.05) is 25.2 Å². The number of hydrogen-bond donors (Lipinski definition) is 1. The molecule has 0 bridgehead atoms. The van der Waals surface area contributed by atoms with Crippen LogP contribution < -0.4 is 9.62 Å². The fourth-order valence-corrected chi connectivity index (χ4v) is 5.17. The lowest BCUT2D eigenvalue weighted by molar-refractivity contribution is 0.0703. The molecule has 2 aliphatic rings. The lowest BCUT2D eigenvalue weighted by Gasteiger charge is -2.32. The standard InChI is InChI=1S/C17H25N3O3S/c1-13-12-14(17(21)19(2)15-6-8-18-9-7-15)4-5-16(13)20-10-3-11-24(20,22)23/h4-5,12,15,18H,3,6-11H2,1-2H3. The SMILES string of the molecule is Cc1cc(C(=O)N(C)C2CCNCC2)ccc1N1CCCS1(=O)=O. The molecule has 0 aliphatic carbocycles. The highest BCUT2D eigenvalue weighted by atomic mass is 32.2. The van der Waals surface area contributed by atoms with E-state index in [0.717, 1.165) is 31.5 Å². The number of carbonyl (C=O) groups excluding carboxylic acids is 1. The third-order valence-electron chi connectivity index (χ3n) is 4.99. The summed E-state index contributed by atoms with van der Waals surface area (Å²) in [6.07, 6.45) is 2.58. The van der Waals surface area contributed by atoms with Crippen LogP contribution in [-0.2, 0) is 10.0 Å². The summed E-state index contributed by atoms with van der Waals surface area (Å²) in [5, 5.41) is 3.30. The van der Waals surface area contributed by atoms with E-state index in [1.54, 1.807) is 12.1 Å². The molecule has 1 amide bonds. The predicted octanol–water partition coefficient (Wildman–Crippen LogP) is 1.36. The summed E-state index contributed by atoms with van der Waals surface area (Å²) in [6.45, 7) is 4.26. The van der Waals surface area contributed by atoms with Crippen LogP contribution in [0.2, 0.25) is 0 Å². The van der Waals surface area contributed by atoms with Crippen LogP contribution in [0.15, 0.2) is 18.2 Å². The van der Waals surface area contributed by atoms with Crippen molar-refractivity contribution in [1.82, 2.24) is 10.2 Å². The molecule has 0 radical (unpaired) electrons. The Morgan fingerprint density at radius 1 is 1.29 bits per heavy atom. The summed E-state index contributed by atoms with van der Waals surface area (Å²) in [5.41, 5.74) is 2.13. The smallest absolute Gasteiger partial charge is 0.253 e. The minimum Gasteiger partial charge on any atom is -0.339 e. The van der Waals surface area contributed by atoms with E-state index in [2.05, 4.69) is 5.32 Å². The van der Waals surface area contributed by atoms with Gasteiger partial charge in [-0.15, -0.1) is 0 Å². The average Bonchev–Trinajstić information content (AvgIpc) is 2.93. The Kier molecular flexibility index (Phi) is 4.83. The molecule has 0 atom stereocenters. The number of benzene rings is 1. The number of piperidine rings is 1. The third-order valence-corrected chi connectivity index (χ3v) is 6.84. The number of nitrogens with zero attached hydrogens (tertiary/aromatic N) is 2. The van der Waals surface area contributed by atoms with Gasteiger partial charge in [-0.05, 0) is 63.0 Å². The summed E-state index contributed by atoms with van der Waals surface area (Å²) >= 11 is 0. The molecule has 0 unspecified atom stereocenters. The zero-order valence-electron chi connectivity index (χ0n) is 14.3. The molecule has 1 aromatic rings. The summed E-state index contributed by atoms with van der Waals surface area (Å²) in [7, 11) is -1.34. The van der Waals surface area contributed by atoms with Crippen LogP contribution in [-0.4, -0.2) is 57.7 Å². The van der Waals surface area contributed by atoms with Crippen LogP contribution in [0.5, 0.6) is 0 Å². The minimum absolute atomic E-state index is 0.000768. The maximum atomic E-state index is 12.7. The molecule has 1 N–H and O–H groups in total. The topological polar surface area (TPSA) is 69.7 Å². The molecule has 6 nitrogen and oxygen atoms in total. The molecule has 2 saturated heterocycles. The third kappa shape index (κ3) is 3.28. The molecule has 3 rings (SSSR count). The van der Waals surface area contributed by atoms with Crippen LogP contribution in [0.25, 0.3) is 0 Å². The van der Waals surface area contributed by atoms with E-state index >= 15 is 0 Å². The fourth-order valence-electron chi connectivity index (χ4n) is 3.54. The first-order chi connectivity index (χ1) is 11.4. The second kappa shape index (κ2) is 6.72. The van der Waals surface area contributed by atoms with Crippen molar-refractivity contribution >= 4 is 21.6 Å². The van der Waals surface area contributed by atoms with E-state index in [4.69, 9.17) is 0 Å². The van der Waals surface area contributed by atoms with E-state index in [1.165, 1.54) is 4.31 Å².